The third-order valence-corrected chi connectivity index (χ3v) is 21.9. The second-order valence-electron chi connectivity index (χ2n) is 25.2. The van der Waals surface area contributed by atoms with Gasteiger partial charge >= 0.3 is 5.69 Å². The Labute approximate surface area is 705 Å². The first kappa shape index (κ1) is 99.4. The van der Waals surface area contributed by atoms with Gasteiger partial charge in [0.05, 0.1) is 105 Å². The van der Waals surface area contributed by atoms with Gasteiger partial charge in [-0.25, -0.2) is 38.5 Å². The number of imidazole rings is 1. The van der Waals surface area contributed by atoms with Crippen LogP contribution in [0.15, 0.2) is 164 Å². The number of nitro benzene ring substituents is 2. The van der Waals surface area contributed by atoms with Crippen molar-refractivity contribution in [3.8, 4) is 46.0 Å². The number of anilines is 1. The predicted octanol–water partition coefficient (Wildman–Crippen LogP) is 15.2. The summed E-state index contributed by atoms with van der Waals surface area (Å²) in [5, 5.41) is 21.9. The Balaban J connectivity index is 0.000000374. The first-order chi connectivity index (χ1) is 52.1. The maximum Gasteiger partial charge on any atom is 0.327 e. The number of aromatic amines is 1. The van der Waals surface area contributed by atoms with Crippen LogP contribution in [0.2, 0.25) is 5.02 Å². The minimum atomic E-state index is -3.39. The molecule has 0 aliphatic rings. The van der Waals surface area contributed by atoms with Crippen molar-refractivity contribution in [3.63, 3.8) is 0 Å². The van der Waals surface area contributed by atoms with Crippen molar-refractivity contribution in [2.75, 3.05) is 109 Å². The molecular formula is C77H95Br3ClN6O21S4W-. The number of sulfone groups is 4. The number of nitrogens with one attached hydrogen (secondary N) is 1. The summed E-state index contributed by atoms with van der Waals surface area (Å²) in [7, 11) is -6.80. The molecule has 0 saturated heterocycles. The molecule has 27 nitrogen and oxygen atoms in total. The number of nitrogen functional groups attached to an aromatic ring is 1. The SMILES string of the molecule is CCOc1cc([C@@H](CS(C)(=O)=O)n2c(=O)[nH]c3cc(Br)ccc32)ccc1OC.CCOc1cc([C@H](Cc2ccc(Br)cc2[N+](=O)[O-])CS(C)(=O)=O)ccc1OC.CCOc1cc([C@H](Cc2ccc(C)cc2N)CS(C)(=O)=O)ccc1OC.CCOc1cc([C@H](N)CS(C)(=O)=O)ccc1OC.O=[N+]([O-])c1cc(Br)ccc1Cl.[CH3-].[W]. The number of ether oxygens (including phenoxy) is 8. The molecule has 113 heavy (non-hydrogen) atoms. The Hall–Kier alpha value is -7.79. The number of benzene rings is 8. The maximum absolute atomic E-state index is 12.7. The molecule has 0 radical (unpaired) electrons. The number of halogens is 4. The summed E-state index contributed by atoms with van der Waals surface area (Å²) in [6, 6.07) is 40.4. The number of H-pyrrole nitrogens is 1. The van der Waals surface area contributed by atoms with Crippen molar-refractivity contribution in [2.45, 2.75) is 71.4 Å². The molecule has 0 aliphatic carbocycles. The van der Waals surface area contributed by atoms with E-state index < -0.39 is 67.2 Å². The summed E-state index contributed by atoms with van der Waals surface area (Å²) in [6.07, 6.45) is 5.48. The number of methoxy groups -OCH3 is 4. The number of rotatable bonds is 31. The van der Waals surface area contributed by atoms with Gasteiger partial charge in [-0.2, -0.15) is 0 Å². The quantitative estimate of drug-likeness (QED) is 0.0157. The largest absolute Gasteiger partial charge is 0.493 e. The summed E-state index contributed by atoms with van der Waals surface area (Å²) in [6.45, 7) is 11.3. The van der Waals surface area contributed by atoms with E-state index in [1.54, 1.807) is 99.1 Å². The topological polar surface area (TPSA) is 387 Å². The van der Waals surface area contributed by atoms with Crippen LogP contribution in [0.4, 0.5) is 17.1 Å². The summed E-state index contributed by atoms with van der Waals surface area (Å²) in [5.41, 5.74) is 18.9. The van der Waals surface area contributed by atoms with Gasteiger partial charge in [0.15, 0.2) is 46.0 Å². The van der Waals surface area contributed by atoms with Crippen LogP contribution in [0.5, 0.6) is 46.0 Å². The molecule has 0 bridgehead atoms. The molecule has 36 heteroatoms. The van der Waals surface area contributed by atoms with Crippen LogP contribution >= 0.6 is 59.4 Å². The van der Waals surface area contributed by atoms with E-state index in [-0.39, 0.29) is 85.9 Å². The fourth-order valence-electron chi connectivity index (χ4n) is 11.4. The fourth-order valence-corrected chi connectivity index (χ4v) is 16.5. The number of fused-ring (bicyclic) bond motifs is 1. The average molecular weight is 2030 g/mol. The zero-order valence-electron chi connectivity index (χ0n) is 64.9. The summed E-state index contributed by atoms with van der Waals surface area (Å²) >= 11 is 15.2. The van der Waals surface area contributed by atoms with Crippen LogP contribution in [-0.2, 0) is 73.3 Å². The van der Waals surface area contributed by atoms with Gasteiger partial charge in [0, 0.05) is 101 Å². The van der Waals surface area contributed by atoms with Gasteiger partial charge in [0.25, 0.3) is 11.4 Å². The number of nitrogens with zero attached hydrogens (tertiary/aromatic N) is 3. The van der Waals surface area contributed by atoms with E-state index in [0.717, 1.165) is 33.7 Å². The fraction of sp³-hybridized carbons (Fsp3) is 0.351. The molecule has 0 amide bonds. The number of hydrogen-bond donors (Lipinski definition) is 3. The second kappa shape index (κ2) is 46.1. The monoisotopic (exact) mass is 2020 g/mol. The molecule has 1 heterocycles. The third-order valence-electron chi connectivity index (χ3n) is 16.2. The van der Waals surface area contributed by atoms with E-state index >= 15 is 0 Å². The van der Waals surface area contributed by atoms with E-state index in [1.165, 1.54) is 49.5 Å². The zero-order valence-corrected chi connectivity index (χ0v) is 76.6. The van der Waals surface area contributed by atoms with E-state index in [2.05, 4.69) is 52.8 Å². The van der Waals surface area contributed by atoms with Gasteiger partial charge in [-0.1, -0.05) is 102 Å². The predicted molar refractivity (Wildman–Crippen MR) is 452 cm³/mol. The Bertz CT molecular complexity index is 5240. The molecule has 9 aromatic rings. The second-order valence-corrected chi connectivity index (χ2v) is 37.1. The van der Waals surface area contributed by atoms with Crippen LogP contribution < -0.4 is 55.1 Å². The maximum atomic E-state index is 12.7. The first-order valence-corrected chi connectivity index (χ1v) is 45.0. The van der Waals surface area contributed by atoms with Gasteiger partial charge in [-0.3, -0.25) is 24.8 Å². The Morgan fingerprint density at radius 3 is 1.24 bits per heavy atom. The van der Waals surface area contributed by atoms with Crippen LogP contribution in [0.3, 0.4) is 0 Å². The molecule has 0 unspecified atom stereocenters. The van der Waals surface area contributed by atoms with Gasteiger partial charge in [-0.15, -0.1) is 0 Å². The van der Waals surface area contributed by atoms with E-state index in [0.29, 0.717) is 127 Å². The van der Waals surface area contributed by atoms with E-state index in [1.807, 2.05) is 77.1 Å². The van der Waals surface area contributed by atoms with Crippen molar-refractivity contribution in [1.82, 2.24) is 9.55 Å². The van der Waals surface area contributed by atoms with Gasteiger partial charge in [-0.05, 0) is 172 Å². The van der Waals surface area contributed by atoms with Gasteiger partial charge in [0.1, 0.15) is 44.4 Å². The smallest absolute Gasteiger partial charge is 0.327 e. The number of aromatic nitrogens is 2. The summed E-state index contributed by atoms with van der Waals surface area (Å²) < 4.78 is 142. The number of aryl methyl sites for hydroxylation is 1. The van der Waals surface area contributed by atoms with Crippen LogP contribution in [0, 0.1) is 34.6 Å². The Kier molecular flexibility index (Phi) is 40.5. The first-order valence-electron chi connectivity index (χ1n) is 34.1. The average Bonchev–Trinajstić information content (AvgIpc) is 1.66. The minimum Gasteiger partial charge on any atom is -0.493 e. The van der Waals surface area contributed by atoms with Crippen molar-refractivity contribution in [2.24, 2.45) is 5.73 Å². The molecular weight excluding hydrogens is 1930 g/mol. The van der Waals surface area contributed by atoms with E-state index in [4.69, 9.17) is 61.0 Å². The molecule has 0 aliphatic heterocycles. The van der Waals surface area contributed by atoms with Crippen LogP contribution in [0.1, 0.15) is 90.6 Å². The number of hydrogen-bond acceptors (Lipinski definition) is 23. The molecule has 8 aromatic carbocycles. The van der Waals surface area contributed by atoms with Crippen LogP contribution in [0.25, 0.3) is 11.0 Å². The van der Waals surface area contributed by atoms with Crippen molar-refractivity contribution in [1.29, 1.82) is 0 Å². The standard InChI is InChI=1S/C20H27NO4S.C19H21BrN2O5S.C19H22BrNO6S.C12H19NO4S.C6H3BrClNO2.CH3.W/c1-5-25-20-12-15(8-9-19(20)24-3)17(13-26(4,22)23)11-16-7-6-14(2)10-18(16)21;1-4-27-18-9-12(5-8-17(18)26-2)16(11-28(3,24)25)22-15-7-6-13(20)10-14(15)21-19(22)23;1-4-27-19-10-13(6-8-18(19)26-2)15(12-28(3,24)25)9-14-5-7-16(20)11-17(14)21(22)23;1-4-17-12-7-9(5-6-11(12)16-2)10(13)8-18(3,14)15;7-4-1-2-5(8)6(3-4)9(10)11;;/h6-10,12,17H,5,11,13,21H2,1-4H3;5-10,16H,4,11H2,1-3H3,(H,21,23);5-8,10-11,15H,4,9,12H2,1-3H3;5-7,10H,4,8,13H2,1-3H3;1-3H;1H3;/q;;;;;-1;/t17-;16-;15-;10-;;;/m1111.../s1. The molecule has 618 valence electrons. The molecule has 5 N–H and O–H groups in total. The molecule has 1 aromatic heterocycles. The number of nitrogens with two attached hydrogens (primary N) is 2. The minimum absolute atomic E-state index is 0. The molecule has 0 spiro atoms. The Morgan fingerprint density at radius 1 is 0.478 bits per heavy atom. The number of nitro groups is 2. The zero-order chi connectivity index (χ0) is 82.9. The van der Waals surface area contributed by atoms with Gasteiger partial charge in [0.2, 0.25) is 0 Å². The van der Waals surface area contributed by atoms with Crippen LogP contribution in [-0.4, -0.2) is 156 Å². The van der Waals surface area contributed by atoms with E-state index in [9.17, 15) is 58.7 Å². The molecule has 4 atom stereocenters. The molecule has 9 rings (SSSR count). The van der Waals surface area contributed by atoms with Gasteiger partial charge < -0.3 is 61.8 Å². The summed E-state index contributed by atoms with van der Waals surface area (Å²) in [5.74, 6) is 3.38. The van der Waals surface area contributed by atoms with Crippen molar-refractivity contribution >= 4 is 127 Å². The van der Waals surface area contributed by atoms with Crippen molar-refractivity contribution in [3.05, 3.63) is 241 Å². The normalized spacial score (nSPS) is 12.2. The third kappa shape index (κ3) is 32.1. The Morgan fingerprint density at radius 2 is 0.841 bits per heavy atom. The molecule has 0 saturated carbocycles. The molecule has 0 fully saturated rings. The summed E-state index contributed by atoms with van der Waals surface area (Å²) in [4.78, 5) is 36.2. The van der Waals surface area contributed by atoms with Crippen molar-refractivity contribution < 1.29 is 102 Å².